The number of alkyl halides is 2. The number of likely N-dealkylation sites (tertiary alicyclic amines) is 2. The van der Waals surface area contributed by atoms with Crippen LogP contribution in [0.2, 0.25) is 0 Å². The van der Waals surface area contributed by atoms with Crippen molar-refractivity contribution in [3.05, 3.63) is 0 Å². The third kappa shape index (κ3) is 5.93. The minimum Gasteiger partial charge on any atom is -0.470 e. The molecule has 2 saturated heterocycles. The molecule has 3 aliphatic rings. The summed E-state index contributed by atoms with van der Waals surface area (Å²) in [7, 11) is 0. The standard InChI is InChI=1S/C19H31F2N3O4/c1-18(2,3)28-17(25)24-8-4-14(5-9-24)16-22-26-13-15(27-16)12-23-10-6-19(20,21)7-11-23/h14-15H,4-13H2,1-3H3. The summed E-state index contributed by atoms with van der Waals surface area (Å²) in [5.41, 5.74) is -0.510. The van der Waals surface area contributed by atoms with Crippen LogP contribution < -0.4 is 0 Å². The summed E-state index contributed by atoms with van der Waals surface area (Å²) in [6.45, 7) is 8.33. The smallest absolute Gasteiger partial charge is 0.410 e. The normalized spacial score (nSPS) is 26.8. The summed E-state index contributed by atoms with van der Waals surface area (Å²) >= 11 is 0. The largest absolute Gasteiger partial charge is 0.470 e. The molecule has 3 rings (SSSR count). The topological polar surface area (TPSA) is 63.6 Å². The Balaban J connectivity index is 1.44. The number of piperidine rings is 2. The zero-order chi connectivity index (χ0) is 20.4. The molecule has 0 aromatic rings. The molecule has 28 heavy (non-hydrogen) atoms. The maximum atomic E-state index is 13.3. The molecule has 1 unspecified atom stereocenters. The number of oxime groups is 1. The van der Waals surface area contributed by atoms with E-state index < -0.39 is 11.5 Å². The molecule has 3 aliphatic heterocycles. The van der Waals surface area contributed by atoms with Crippen LogP contribution in [0.25, 0.3) is 0 Å². The number of amides is 1. The molecule has 3 heterocycles. The number of hydrogen-bond donors (Lipinski definition) is 0. The van der Waals surface area contributed by atoms with E-state index in [1.165, 1.54) is 0 Å². The zero-order valence-electron chi connectivity index (χ0n) is 17.0. The van der Waals surface area contributed by atoms with Crippen molar-refractivity contribution in [1.29, 1.82) is 0 Å². The van der Waals surface area contributed by atoms with Gasteiger partial charge in [-0.2, -0.15) is 0 Å². The number of halogens is 2. The van der Waals surface area contributed by atoms with E-state index in [4.69, 9.17) is 14.3 Å². The molecule has 2 fully saturated rings. The van der Waals surface area contributed by atoms with E-state index in [2.05, 4.69) is 5.16 Å². The molecular formula is C19H31F2N3O4. The SMILES string of the molecule is CC(C)(C)OC(=O)N1CCC(C2=NOCC(CN3CCC(F)(F)CC3)O2)CC1. The summed E-state index contributed by atoms with van der Waals surface area (Å²) in [4.78, 5) is 21.2. The van der Waals surface area contributed by atoms with E-state index in [0.717, 1.165) is 12.8 Å². The fraction of sp³-hybridized carbons (Fsp3) is 0.895. The Bertz CT molecular complexity index is 576. The fourth-order valence-electron chi connectivity index (χ4n) is 3.66. The van der Waals surface area contributed by atoms with E-state index in [1.54, 1.807) is 4.90 Å². The predicted octanol–water partition coefficient (Wildman–Crippen LogP) is 3.09. The maximum absolute atomic E-state index is 13.3. The van der Waals surface area contributed by atoms with Crippen LogP contribution in [0.15, 0.2) is 5.16 Å². The highest BCUT2D eigenvalue weighted by Gasteiger charge is 2.36. The molecule has 160 valence electrons. The molecule has 1 atom stereocenters. The first kappa shape index (κ1) is 21.1. The number of rotatable bonds is 3. The Hall–Kier alpha value is -1.64. The second-order valence-electron chi connectivity index (χ2n) is 8.86. The van der Waals surface area contributed by atoms with Crippen LogP contribution in [-0.4, -0.2) is 78.7 Å². The van der Waals surface area contributed by atoms with Gasteiger partial charge in [0.2, 0.25) is 5.90 Å². The molecule has 0 aromatic heterocycles. The lowest BCUT2D eigenvalue weighted by molar-refractivity contribution is -0.0700. The summed E-state index contributed by atoms with van der Waals surface area (Å²) in [5.74, 6) is -1.90. The first-order chi connectivity index (χ1) is 13.1. The molecule has 0 bridgehead atoms. The van der Waals surface area contributed by atoms with Gasteiger partial charge < -0.3 is 19.2 Å². The highest BCUT2D eigenvalue weighted by molar-refractivity contribution is 5.79. The van der Waals surface area contributed by atoms with Gasteiger partial charge >= 0.3 is 6.09 Å². The van der Waals surface area contributed by atoms with Crippen molar-refractivity contribution in [2.24, 2.45) is 11.1 Å². The highest BCUT2D eigenvalue weighted by Crippen LogP contribution is 2.28. The van der Waals surface area contributed by atoms with Crippen molar-refractivity contribution in [2.75, 3.05) is 39.3 Å². The van der Waals surface area contributed by atoms with Crippen LogP contribution in [0.4, 0.5) is 13.6 Å². The van der Waals surface area contributed by atoms with Crippen LogP contribution in [0, 0.1) is 5.92 Å². The van der Waals surface area contributed by atoms with Gasteiger partial charge in [-0.05, 0) is 33.6 Å². The first-order valence-electron chi connectivity index (χ1n) is 10.1. The summed E-state index contributed by atoms with van der Waals surface area (Å²) in [5, 5.41) is 4.07. The van der Waals surface area contributed by atoms with Crippen LogP contribution in [-0.2, 0) is 14.3 Å². The van der Waals surface area contributed by atoms with Crippen LogP contribution in [0.3, 0.4) is 0 Å². The van der Waals surface area contributed by atoms with Gasteiger partial charge in [0.1, 0.15) is 11.7 Å². The quantitative estimate of drug-likeness (QED) is 0.725. The summed E-state index contributed by atoms with van der Waals surface area (Å²) in [6, 6.07) is 0. The molecule has 0 aromatic carbocycles. The van der Waals surface area contributed by atoms with Gasteiger partial charge in [0.15, 0.2) is 6.61 Å². The van der Waals surface area contributed by atoms with E-state index in [1.807, 2.05) is 25.7 Å². The van der Waals surface area contributed by atoms with Crippen molar-refractivity contribution in [2.45, 2.75) is 64.1 Å². The molecule has 0 spiro atoms. The minimum absolute atomic E-state index is 0.0900. The van der Waals surface area contributed by atoms with Gasteiger partial charge in [0.05, 0.1) is 0 Å². The van der Waals surface area contributed by atoms with Gasteiger partial charge in [-0.3, -0.25) is 4.90 Å². The third-order valence-electron chi connectivity index (χ3n) is 5.25. The summed E-state index contributed by atoms with van der Waals surface area (Å²) in [6.07, 6.45) is 0.736. The van der Waals surface area contributed by atoms with Crippen molar-refractivity contribution >= 4 is 12.0 Å². The molecule has 0 N–H and O–H groups in total. The monoisotopic (exact) mass is 403 g/mol. The average Bonchev–Trinajstić information content (AvgIpc) is 2.62. The lowest BCUT2D eigenvalue weighted by Crippen LogP contribution is -2.47. The van der Waals surface area contributed by atoms with Gasteiger partial charge in [-0.25, -0.2) is 13.6 Å². The minimum atomic E-state index is -2.55. The number of nitrogens with zero attached hydrogens (tertiary/aromatic N) is 3. The average molecular weight is 403 g/mol. The molecule has 1 amide bonds. The lowest BCUT2D eigenvalue weighted by atomic mass is 9.96. The highest BCUT2D eigenvalue weighted by atomic mass is 19.3. The molecule has 0 saturated carbocycles. The number of carbonyl (C=O) groups excluding carboxylic acids is 1. The van der Waals surface area contributed by atoms with E-state index >= 15 is 0 Å². The van der Waals surface area contributed by atoms with Crippen LogP contribution in [0.1, 0.15) is 46.5 Å². The summed E-state index contributed by atoms with van der Waals surface area (Å²) < 4.78 is 38.0. The number of carbonyl (C=O) groups is 1. The Morgan fingerprint density at radius 3 is 2.46 bits per heavy atom. The maximum Gasteiger partial charge on any atom is 0.410 e. The Kier molecular flexibility index (Phi) is 6.31. The van der Waals surface area contributed by atoms with E-state index in [0.29, 0.717) is 45.2 Å². The Morgan fingerprint density at radius 1 is 1.21 bits per heavy atom. The Morgan fingerprint density at radius 2 is 1.86 bits per heavy atom. The molecule has 0 radical (unpaired) electrons. The molecular weight excluding hydrogens is 372 g/mol. The van der Waals surface area contributed by atoms with Gasteiger partial charge in [0.25, 0.3) is 5.92 Å². The molecule has 7 nitrogen and oxygen atoms in total. The fourth-order valence-corrected chi connectivity index (χ4v) is 3.66. The van der Waals surface area contributed by atoms with Crippen molar-refractivity contribution in [3.63, 3.8) is 0 Å². The lowest BCUT2D eigenvalue weighted by Gasteiger charge is -2.37. The Labute approximate surface area is 164 Å². The van der Waals surface area contributed by atoms with Gasteiger partial charge in [-0.1, -0.05) is 5.16 Å². The van der Waals surface area contributed by atoms with Crippen LogP contribution in [0.5, 0.6) is 0 Å². The third-order valence-corrected chi connectivity index (χ3v) is 5.25. The second-order valence-corrected chi connectivity index (χ2v) is 8.86. The van der Waals surface area contributed by atoms with E-state index in [9.17, 15) is 13.6 Å². The molecule has 9 heteroatoms. The second kappa shape index (κ2) is 8.39. The predicted molar refractivity (Wildman–Crippen MR) is 99.4 cm³/mol. The van der Waals surface area contributed by atoms with Crippen molar-refractivity contribution < 1.29 is 27.9 Å². The van der Waals surface area contributed by atoms with E-state index in [-0.39, 0.29) is 31.0 Å². The number of ether oxygens (including phenoxy) is 2. The molecule has 0 aliphatic carbocycles. The number of hydrogen-bond acceptors (Lipinski definition) is 6. The first-order valence-corrected chi connectivity index (χ1v) is 10.1. The van der Waals surface area contributed by atoms with Gasteiger partial charge in [0, 0.05) is 51.5 Å². The van der Waals surface area contributed by atoms with Crippen molar-refractivity contribution in [1.82, 2.24) is 9.80 Å². The zero-order valence-corrected chi connectivity index (χ0v) is 17.0. The van der Waals surface area contributed by atoms with Crippen LogP contribution >= 0.6 is 0 Å². The van der Waals surface area contributed by atoms with Crippen molar-refractivity contribution in [3.8, 4) is 0 Å². The van der Waals surface area contributed by atoms with Gasteiger partial charge in [-0.15, -0.1) is 0 Å².